The Morgan fingerprint density at radius 3 is 2.62 bits per heavy atom. The van der Waals surface area contributed by atoms with Crippen LogP contribution < -0.4 is 0 Å². The van der Waals surface area contributed by atoms with Crippen LogP contribution in [-0.2, 0) is 14.3 Å². The highest BCUT2D eigenvalue weighted by Gasteiger charge is 2.35. The minimum Gasteiger partial charge on any atom is -0.480 e. The molecule has 0 unspecified atom stereocenters. The summed E-state index contributed by atoms with van der Waals surface area (Å²) < 4.78 is 5.92. The second kappa shape index (κ2) is 7.25. The van der Waals surface area contributed by atoms with E-state index in [0.29, 0.717) is 18.9 Å². The lowest BCUT2D eigenvalue weighted by atomic mass is 9.88. The maximum atomic E-state index is 12.5. The Hall–Kier alpha value is -1.10. The number of carbonyl (C=O) groups is 2. The van der Waals surface area contributed by atoms with Crippen LogP contribution in [0.1, 0.15) is 58.8 Å². The van der Waals surface area contributed by atoms with Gasteiger partial charge in [-0.1, -0.05) is 19.8 Å². The van der Waals surface area contributed by atoms with Crippen molar-refractivity contribution in [1.29, 1.82) is 0 Å². The number of carboxylic acid groups (broad SMARTS) is 1. The molecular weight excluding hydrogens is 270 g/mol. The smallest absolute Gasteiger partial charge is 0.326 e. The topological polar surface area (TPSA) is 66.8 Å². The standard InChI is InChI=1S/C16H27NO4/c1-11-6-5-7-13(10-11)21-12(2)15(18)17-9-4-3-8-14(17)16(19)20/h11-14H,3-10H2,1-2H3,(H,19,20)/t11-,12-,13+,14-/m1/s1. The molecular formula is C16H27NO4. The first-order chi connectivity index (χ1) is 9.99. The van der Waals surface area contributed by atoms with Crippen LogP contribution in [0.3, 0.4) is 0 Å². The highest BCUT2D eigenvalue weighted by Crippen LogP contribution is 2.27. The van der Waals surface area contributed by atoms with Crippen LogP contribution in [0.25, 0.3) is 0 Å². The number of piperidine rings is 1. The molecule has 2 aliphatic rings. The fourth-order valence-electron chi connectivity index (χ4n) is 3.53. The molecule has 0 aromatic rings. The lowest BCUT2D eigenvalue weighted by Gasteiger charge is -2.36. The first-order valence-electron chi connectivity index (χ1n) is 8.17. The quantitative estimate of drug-likeness (QED) is 0.865. The van der Waals surface area contributed by atoms with Crippen LogP contribution in [0.5, 0.6) is 0 Å². The second-order valence-corrected chi connectivity index (χ2v) is 6.55. The molecule has 1 saturated heterocycles. The molecule has 0 aromatic heterocycles. The van der Waals surface area contributed by atoms with E-state index in [1.807, 2.05) is 0 Å². The first-order valence-corrected chi connectivity index (χ1v) is 8.17. The zero-order valence-corrected chi connectivity index (χ0v) is 13.1. The molecule has 120 valence electrons. The van der Waals surface area contributed by atoms with Gasteiger partial charge >= 0.3 is 5.97 Å². The van der Waals surface area contributed by atoms with Gasteiger partial charge in [-0.25, -0.2) is 4.79 Å². The Balaban J connectivity index is 1.92. The van der Waals surface area contributed by atoms with E-state index < -0.39 is 18.1 Å². The molecule has 1 heterocycles. The molecule has 5 nitrogen and oxygen atoms in total. The summed E-state index contributed by atoms with van der Waals surface area (Å²) in [7, 11) is 0. The van der Waals surface area contributed by atoms with Gasteiger partial charge in [-0.15, -0.1) is 0 Å². The minimum absolute atomic E-state index is 0.140. The third kappa shape index (κ3) is 4.19. The van der Waals surface area contributed by atoms with Crippen molar-refractivity contribution in [2.24, 2.45) is 5.92 Å². The van der Waals surface area contributed by atoms with Crippen LogP contribution in [0.15, 0.2) is 0 Å². The third-order valence-corrected chi connectivity index (χ3v) is 4.70. The monoisotopic (exact) mass is 297 g/mol. The number of hydrogen-bond donors (Lipinski definition) is 1. The number of ether oxygens (including phenoxy) is 1. The second-order valence-electron chi connectivity index (χ2n) is 6.55. The van der Waals surface area contributed by atoms with Gasteiger partial charge in [0.25, 0.3) is 5.91 Å². The normalized spacial score (nSPS) is 31.7. The van der Waals surface area contributed by atoms with Gasteiger partial charge in [0.15, 0.2) is 0 Å². The zero-order chi connectivity index (χ0) is 15.4. The summed E-state index contributed by atoms with van der Waals surface area (Å²) in [6, 6.07) is -0.678. The van der Waals surface area contributed by atoms with Crippen molar-refractivity contribution >= 4 is 11.9 Å². The van der Waals surface area contributed by atoms with Crippen LogP contribution in [0.2, 0.25) is 0 Å². The largest absolute Gasteiger partial charge is 0.480 e. The molecule has 1 aliphatic heterocycles. The number of carboxylic acids is 1. The summed E-state index contributed by atoms with van der Waals surface area (Å²) in [6.45, 7) is 4.51. The van der Waals surface area contributed by atoms with E-state index in [1.54, 1.807) is 6.92 Å². The number of aliphatic carboxylic acids is 1. The summed E-state index contributed by atoms with van der Waals surface area (Å²) in [5.41, 5.74) is 0. The van der Waals surface area contributed by atoms with Gasteiger partial charge in [-0.3, -0.25) is 4.79 Å². The molecule has 21 heavy (non-hydrogen) atoms. The average molecular weight is 297 g/mol. The number of carbonyl (C=O) groups excluding carboxylic acids is 1. The fourth-order valence-corrected chi connectivity index (χ4v) is 3.53. The van der Waals surface area contributed by atoms with Crippen molar-refractivity contribution in [3.05, 3.63) is 0 Å². The van der Waals surface area contributed by atoms with Gasteiger partial charge in [0.1, 0.15) is 12.1 Å². The van der Waals surface area contributed by atoms with E-state index in [9.17, 15) is 14.7 Å². The summed E-state index contributed by atoms with van der Waals surface area (Å²) in [5.74, 6) is -0.422. The van der Waals surface area contributed by atoms with E-state index in [1.165, 1.54) is 11.3 Å². The Morgan fingerprint density at radius 2 is 1.95 bits per heavy atom. The van der Waals surface area contributed by atoms with E-state index in [-0.39, 0.29) is 12.0 Å². The van der Waals surface area contributed by atoms with Crippen molar-refractivity contribution in [3.63, 3.8) is 0 Å². The minimum atomic E-state index is -0.901. The Bertz CT molecular complexity index is 384. The number of likely N-dealkylation sites (tertiary alicyclic amines) is 1. The first kappa shape index (κ1) is 16.3. The molecule has 2 fully saturated rings. The molecule has 4 atom stereocenters. The molecule has 1 saturated carbocycles. The average Bonchev–Trinajstić information content (AvgIpc) is 2.46. The van der Waals surface area contributed by atoms with Crippen LogP contribution >= 0.6 is 0 Å². The van der Waals surface area contributed by atoms with Crippen LogP contribution in [0.4, 0.5) is 0 Å². The molecule has 1 aliphatic carbocycles. The maximum absolute atomic E-state index is 12.5. The molecule has 1 N–H and O–H groups in total. The Kier molecular flexibility index (Phi) is 5.62. The number of amides is 1. The van der Waals surface area contributed by atoms with Gasteiger partial charge < -0.3 is 14.7 Å². The van der Waals surface area contributed by atoms with Crippen molar-refractivity contribution < 1.29 is 19.4 Å². The lowest BCUT2D eigenvalue weighted by Crippen LogP contribution is -2.52. The summed E-state index contributed by atoms with van der Waals surface area (Å²) in [5, 5.41) is 9.26. The van der Waals surface area contributed by atoms with Crippen molar-refractivity contribution in [2.75, 3.05) is 6.54 Å². The molecule has 0 bridgehead atoms. The highest BCUT2D eigenvalue weighted by molar-refractivity contribution is 5.86. The SMILES string of the molecule is C[C@@H]1CCC[C@H](O[C@H](C)C(=O)N2CCCC[C@@H]2C(=O)O)C1. The number of hydrogen-bond acceptors (Lipinski definition) is 3. The van der Waals surface area contributed by atoms with Gasteiger partial charge in [0, 0.05) is 6.54 Å². The molecule has 0 radical (unpaired) electrons. The van der Waals surface area contributed by atoms with Crippen LogP contribution in [0, 0.1) is 5.92 Å². The van der Waals surface area contributed by atoms with E-state index in [4.69, 9.17) is 4.74 Å². The zero-order valence-electron chi connectivity index (χ0n) is 13.1. The van der Waals surface area contributed by atoms with Gasteiger partial charge in [0.2, 0.25) is 0 Å². The summed E-state index contributed by atoms with van der Waals surface area (Å²) in [6.07, 6.45) is 6.28. The van der Waals surface area contributed by atoms with Crippen molar-refractivity contribution in [2.45, 2.75) is 77.0 Å². The molecule has 0 aromatic carbocycles. The van der Waals surface area contributed by atoms with Gasteiger partial charge in [-0.05, 0) is 44.9 Å². The Labute approximate surface area is 126 Å². The van der Waals surface area contributed by atoms with Crippen LogP contribution in [-0.4, -0.2) is 46.7 Å². The number of rotatable bonds is 4. The van der Waals surface area contributed by atoms with E-state index >= 15 is 0 Å². The van der Waals surface area contributed by atoms with Crippen molar-refractivity contribution in [1.82, 2.24) is 4.90 Å². The molecule has 5 heteroatoms. The predicted octanol–water partition coefficient (Wildman–Crippen LogP) is 2.44. The van der Waals surface area contributed by atoms with E-state index in [2.05, 4.69) is 6.92 Å². The van der Waals surface area contributed by atoms with Gasteiger partial charge in [-0.2, -0.15) is 0 Å². The maximum Gasteiger partial charge on any atom is 0.326 e. The lowest BCUT2D eigenvalue weighted by molar-refractivity contribution is -0.160. The van der Waals surface area contributed by atoms with E-state index in [0.717, 1.165) is 32.1 Å². The van der Waals surface area contributed by atoms with Crippen molar-refractivity contribution in [3.8, 4) is 0 Å². The fraction of sp³-hybridized carbons (Fsp3) is 0.875. The Morgan fingerprint density at radius 1 is 1.19 bits per heavy atom. The molecule has 2 rings (SSSR count). The molecule has 1 amide bonds. The summed E-state index contributed by atoms with van der Waals surface area (Å²) in [4.78, 5) is 25.3. The van der Waals surface area contributed by atoms with Gasteiger partial charge in [0.05, 0.1) is 6.10 Å². The summed E-state index contributed by atoms with van der Waals surface area (Å²) >= 11 is 0. The molecule has 0 spiro atoms. The predicted molar refractivity (Wildman–Crippen MR) is 79.0 cm³/mol. The third-order valence-electron chi connectivity index (χ3n) is 4.70. The number of nitrogens with zero attached hydrogens (tertiary/aromatic N) is 1. The highest BCUT2D eigenvalue weighted by atomic mass is 16.5.